The van der Waals surface area contributed by atoms with Crippen molar-refractivity contribution >= 4 is 15.7 Å². The molecule has 1 saturated heterocycles. The second kappa shape index (κ2) is 6.52. The summed E-state index contributed by atoms with van der Waals surface area (Å²) in [4.78, 5) is 12.9. The van der Waals surface area contributed by atoms with Crippen LogP contribution in [0.2, 0.25) is 0 Å². The van der Waals surface area contributed by atoms with E-state index in [1.807, 2.05) is 24.3 Å². The van der Waals surface area contributed by atoms with Crippen LogP contribution < -0.4 is 10.6 Å². The van der Waals surface area contributed by atoms with Crippen molar-refractivity contribution in [2.45, 2.75) is 17.7 Å². The summed E-state index contributed by atoms with van der Waals surface area (Å²) in [7, 11) is -3.26. The number of benzene rings is 2. The highest BCUT2D eigenvalue weighted by Crippen LogP contribution is 2.35. The van der Waals surface area contributed by atoms with Crippen LogP contribution in [0.1, 0.15) is 28.8 Å². The third-order valence-corrected chi connectivity index (χ3v) is 7.20. The first-order valence-electron chi connectivity index (χ1n) is 8.95. The first-order valence-corrected chi connectivity index (χ1v) is 10.6. The van der Waals surface area contributed by atoms with Crippen LogP contribution in [-0.2, 0) is 9.84 Å². The highest BCUT2D eigenvalue weighted by Gasteiger charge is 2.34. The van der Waals surface area contributed by atoms with E-state index in [0.717, 1.165) is 29.8 Å². The molecule has 0 spiro atoms. The summed E-state index contributed by atoms with van der Waals surface area (Å²) < 4.78 is 24.3. The normalized spacial score (nSPS) is 22.3. The van der Waals surface area contributed by atoms with Crippen molar-refractivity contribution in [3.8, 4) is 11.1 Å². The first-order chi connectivity index (χ1) is 12.5. The summed E-state index contributed by atoms with van der Waals surface area (Å²) in [5, 5.41) is 6.43. The maximum absolute atomic E-state index is 12.6. The van der Waals surface area contributed by atoms with Crippen LogP contribution in [0, 0.1) is 5.92 Å². The molecule has 0 aromatic heterocycles. The van der Waals surface area contributed by atoms with Crippen molar-refractivity contribution in [1.29, 1.82) is 0 Å². The topological polar surface area (TPSA) is 75.3 Å². The number of sulfone groups is 1. The lowest BCUT2D eigenvalue weighted by Gasteiger charge is -2.17. The molecule has 136 valence electrons. The molecule has 2 aliphatic heterocycles. The molecular weight excluding hydrogens is 348 g/mol. The summed E-state index contributed by atoms with van der Waals surface area (Å²) in [5.41, 5.74) is 3.44. The average Bonchev–Trinajstić information content (AvgIpc) is 3.09. The van der Waals surface area contributed by atoms with Gasteiger partial charge in [-0.15, -0.1) is 0 Å². The van der Waals surface area contributed by atoms with Gasteiger partial charge in [-0.25, -0.2) is 8.42 Å². The summed E-state index contributed by atoms with van der Waals surface area (Å²) in [6.07, 6.45) is 0. The Morgan fingerprint density at radius 3 is 2.65 bits per heavy atom. The number of hydrogen-bond acceptors (Lipinski definition) is 4. The smallest absolute Gasteiger partial charge is 0.251 e. The second-order valence-corrected chi connectivity index (χ2v) is 9.25. The molecule has 2 N–H and O–H groups in total. The van der Waals surface area contributed by atoms with Crippen molar-refractivity contribution < 1.29 is 13.2 Å². The molecule has 0 bridgehead atoms. The molecule has 2 aliphatic rings. The third-order valence-electron chi connectivity index (χ3n) is 5.47. The van der Waals surface area contributed by atoms with E-state index in [1.165, 1.54) is 0 Å². The van der Waals surface area contributed by atoms with Gasteiger partial charge in [0.05, 0.1) is 10.6 Å². The number of carbonyl (C=O) groups excluding carboxylic acids is 1. The van der Waals surface area contributed by atoms with Gasteiger partial charge >= 0.3 is 0 Å². The third kappa shape index (κ3) is 2.93. The Morgan fingerprint density at radius 1 is 1.04 bits per heavy atom. The van der Waals surface area contributed by atoms with Crippen molar-refractivity contribution in [2.24, 2.45) is 5.92 Å². The Bertz CT molecular complexity index is 969. The molecule has 0 aliphatic carbocycles. The molecule has 1 fully saturated rings. The molecule has 0 radical (unpaired) electrons. The van der Waals surface area contributed by atoms with E-state index in [2.05, 4.69) is 10.6 Å². The predicted octanol–water partition coefficient (Wildman–Crippen LogP) is 2.19. The fourth-order valence-corrected chi connectivity index (χ4v) is 4.85. The van der Waals surface area contributed by atoms with Gasteiger partial charge < -0.3 is 10.6 Å². The fraction of sp³-hybridized carbons (Fsp3) is 0.350. The van der Waals surface area contributed by atoms with Gasteiger partial charge in [-0.05, 0) is 40.8 Å². The lowest BCUT2D eigenvalue weighted by Crippen LogP contribution is -2.28. The molecule has 0 saturated carbocycles. The van der Waals surface area contributed by atoms with Crippen LogP contribution in [0.25, 0.3) is 11.1 Å². The van der Waals surface area contributed by atoms with Crippen LogP contribution in [-0.4, -0.2) is 39.7 Å². The zero-order valence-corrected chi connectivity index (χ0v) is 15.5. The van der Waals surface area contributed by atoms with Crippen LogP contribution in [0.3, 0.4) is 0 Å². The van der Waals surface area contributed by atoms with E-state index in [4.69, 9.17) is 0 Å². The first kappa shape index (κ1) is 17.2. The quantitative estimate of drug-likeness (QED) is 0.869. The number of carbonyl (C=O) groups is 1. The van der Waals surface area contributed by atoms with Gasteiger partial charge in [0.2, 0.25) is 0 Å². The van der Waals surface area contributed by atoms with E-state index >= 15 is 0 Å². The Balaban J connectivity index is 1.78. The van der Waals surface area contributed by atoms with Crippen LogP contribution in [0.4, 0.5) is 0 Å². The highest BCUT2D eigenvalue weighted by molar-refractivity contribution is 7.91. The Morgan fingerprint density at radius 2 is 1.85 bits per heavy atom. The molecule has 6 heteroatoms. The molecule has 2 heterocycles. The monoisotopic (exact) mass is 370 g/mol. The molecule has 2 aromatic carbocycles. The maximum atomic E-state index is 12.6. The summed E-state index contributed by atoms with van der Waals surface area (Å²) in [5.74, 6) is 0.779. The van der Waals surface area contributed by atoms with Gasteiger partial charge in [0, 0.05) is 31.1 Å². The molecule has 0 unspecified atom stereocenters. The largest absolute Gasteiger partial charge is 0.352 e. The lowest BCUT2D eigenvalue weighted by molar-refractivity contribution is 0.0952. The zero-order chi connectivity index (χ0) is 18.3. The van der Waals surface area contributed by atoms with Gasteiger partial charge in [-0.1, -0.05) is 31.2 Å². The van der Waals surface area contributed by atoms with Crippen molar-refractivity contribution in [3.05, 3.63) is 53.6 Å². The van der Waals surface area contributed by atoms with Crippen molar-refractivity contribution in [2.75, 3.05) is 25.4 Å². The molecule has 2 aromatic rings. The number of rotatable bonds is 3. The van der Waals surface area contributed by atoms with Gasteiger partial charge in [-0.3, -0.25) is 4.79 Å². The predicted molar refractivity (Wildman–Crippen MR) is 101 cm³/mol. The average molecular weight is 370 g/mol. The standard InChI is InChI=1S/C20H22N2O3S/c1-2-26(24,25)16-5-3-4-13(8-16)14-6-7-17-18(9-14)20(23)22-11-15-10-21-12-19(15)17/h3-9,15,19,21H,2,10-12H2,1H3,(H,22,23)/t15-,19+/m0/s1. The highest BCUT2D eigenvalue weighted by atomic mass is 32.2. The van der Waals surface area contributed by atoms with Gasteiger partial charge in [-0.2, -0.15) is 0 Å². The minimum atomic E-state index is -3.26. The minimum Gasteiger partial charge on any atom is -0.352 e. The van der Waals surface area contributed by atoms with Gasteiger partial charge in [0.15, 0.2) is 9.84 Å². The lowest BCUT2D eigenvalue weighted by atomic mass is 9.86. The van der Waals surface area contributed by atoms with Gasteiger partial charge in [0.1, 0.15) is 0 Å². The van der Waals surface area contributed by atoms with Gasteiger partial charge in [0.25, 0.3) is 5.91 Å². The Labute approximate surface area is 153 Å². The SMILES string of the molecule is CCS(=O)(=O)c1cccc(-c2ccc3c(c2)C(=O)NC[C@@H]2CNC[C@@H]32)c1. The Hall–Kier alpha value is -2.18. The summed E-state index contributed by atoms with van der Waals surface area (Å²) in [6.45, 7) is 4.13. The molecular formula is C20H22N2O3S. The summed E-state index contributed by atoms with van der Waals surface area (Å²) in [6, 6.07) is 12.8. The van der Waals surface area contributed by atoms with E-state index in [1.54, 1.807) is 25.1 Å². The molecule has 1 amide bonds. The van der Waals surface area contributed by atoms with Crippen molar-refractivity contribution in [1.82, 2.24) is 10.6 Å². The fourth-order valence-electron chi connectivity index (χ4n) is 3.92. The summed E-state index contributed by atoms with van der Waals surface area (Å²) >= 11 is 0. The van der Waals surface area contributed by atoms with Crippen LogP contribution in [0.15, 0.2) is 47.4 Å². The molecule has 5 nitrogen and oxygen atoms in total. The number of nitrogens with one attached hydrogen (secondary N) is 2. The van der Waals surface area contributed by atoms with E-state index in [-0.39, 0.29) is 11.7 Å². The number of fused-ring (bicyclic) bond motifs is 3. The van der Waals surface area contributed by atoms with E-state index < -0.39 is 9.84 Å². The Kier molecular flexibility index (Phi) is 4.32. The maximum Gasteiger partial charge on any atom is 0.251 e. The zero-order valence-electron chi connectivity index (χ0n) is 14.7. The van der Waals surface area contributed by atoms with Crippen LogP contribution >= 0.6 is 0 Å². The molecule has 26 heavy (non-hydrogen) atoms. The van der Waals surface area contributed by atoms with Crippen molar-refractivity contribution in [3.63, 3.8) is 0 Å². The van der Waals surface area contributed by atoms with Crippen LogP contribution in [0.5, 0.6) is 0 Å². The van der Waals surface area contributed by atoms with E-state index in [9.17, 15) is 13.2 Å². The molecule has 4 rings (SSSR count). The second-order valence-electron chi connectivity index (χ2n) is 6.97. The van der Waals surface area contributed by atoms with E-state index in [0.29, 0.717) is 28.8 Å². The minimum absolute atomic E-state index is 0.0476. The number of hydrogen-bond donors (Lipinski definition) is 2. The number of amides is 1. The molecule has 2 atom stereocenters.